The van der Waals surface area contributed by atoms with Gasteiger partial charge < -0.3 is 24.7 Å². The fraction of sp³-hybridized carbons (Fsp3) is 0.391. The second-order valence-electron chi connectivity index (χ2n) is 8.29. The number of nitrogen functional groups attached to an aromatic ring is 1. The molecule has 176 valence electrons. The molecule has 0 aliphatic carbocycles. The largest absolute Gasteiger partial charge is 0.491 e. The van der Waals surface area contributed by atoms with E-state index in [2.05, 4.69) is 25.5 Å². The van der Waals surface area contributed by atoms with Gasteiger partial charge in [0.2, 0.25) is 11.8 Å². The number of fused-ring (bicyclic) bond motifs is 1. The first-order valence-electron chi connectivity index (χ1n) is 10.7. The number of pyridine rings is 1. The average Bonchev–Trinajstić information content (AvgIpc) is 2.77. The van der Waals surface area contributed by atoms with Crippen LogP contribution >= 0.6 is 0 Å². The molecule has 1 aromatic carbocycles. The molecule has 1 saturated heterocycles. The van der Waals surface area contributed by atoms with Crippen LogP contribution in [0.2, 0.25) is 0 Å². The van der Waals surface area contributed by atoms with Crippen molar-refractivity contribution in [3.63, 3.8) is 0 Å². The maximum Gasteiger partial charge on any atom is 0.238 e. The van der Waals surface area contributed by atoms with Gasteiger partial charge in [0.15, 0.2) is 0 Å². The molecular weight excluding hydrogens is 442 g/mol. The van der Waals surface area contributed by atoms with E-state index >= 15 is 0 Å². The van der Waals surface area contributed by atoms with E-state index in [1.165, 1.54) is 13.4 Å². The van der Waals surface area contributed by atoms with Crippen LogP contribution in [-0.2, 0) is 14.4 Å². The molecule has 0 saturated carbocycles. The topological polar surface area (TPSA) is 121 Å². The lowest BCUT2D eigenvalue weighted by Crippen LogP contribution is -2.21. The van der Waals surface area contributed by atoms with Crippen molar-refractivity contribution in [2.24, 2.45) is 5.92 Å². The molecular formula is C23H29N5O4S. The van der Waals surface area contributed by atoms with Gasteiger partial charge in [0.05, 0.1) is 19.4 Å². The summed E-state index contributed by atoms with van der Waals surface area (Å²) < 4.78 is 32.2. The first-order chi connectivity index (χ1) is 15.7. The van der Waals surface area contributed by atoms with Gasteiger partial charge in [0, 0.05) is 46.3 Å². The van der Waals surface area contributed by atoms with Crippen molar-refractivity contribution in [1.82, 2.24) is 15.0 Å². The molecule has 0 spiro atoms. The van der Waals surface area contributed by atoms with Crippen LogP contribution in [0.3, 0.4) is 0 Å². The fourth-order valence-corrected chi connectivity index (χ4v) is 4.46. The van der Waals surface area contributed by atoms with Crippen LogP contribution < -0.4 is 19.9 Å². The summed E-state index contributed by atoms with van der Waals surface area (Å²) in [5.41, 5.74) is 9.49. The molecule has 33 heavy (non-hydrogen) atoms. The number of aryl methyl sites for hydroxylation is 1. The average molecular weight is 472 g/mol. The molecule has 1 fully saturated rings. The van der Waals surface area contributed by atoms with Gasteiger partial charge in [-0.15, -0.1) is 0 Å². The van der Waals surface area contributed by atoms with E-state index in [0.29, 0.717) is 35.4 Å². The summed E-state index contributed by atoms with van der Waals surface area (Å²) in [6.45, 7) is 3.96. The summed E-state index contributed by atoms with van der Waals surface area (Å²) in [4.78, 5) is 13.2. The molecule has 9 nitrogen and oxygen atoms in total. The minimum absolute atomic E-state index is 0.203. The summed E-state index contributed by atoms with van der Waals surface area (Å²) in [5.74, 6) is 5.26. The first-order valence-corrected chi connectivity index (χ1v) is 12.8. The molecule has 1 aliphatic rings. The van der Waals surface area contributed by atoms with Crippen LogP contribution in [0.5, 0.6) is 11.6 Å². The number of nitrogens with two attached hydrogens (primary N) is 1. The number of rotatable bonds is 7. The van der Waals surface area contributed by atoms with Crippen LogP contribution in [0.25, 0.3) is 22.0 Å². The van der Waals surface area contributed by atoms with Crippen molar-refractivity contribution < 1.29 is 18.4 Å². The minimum atomic E-state index is -2.52. The summed E-state index contributed by atoms with van der Waals surface area (Å²) >= 11 is 0. The Kier molecular flexibility index (Phi) is 6.57. The first kappa shape index (κ1) is 23.1. The molecule has 4 rings (SSSR count). The summed E-state index contributed by atoms with van der Waals surface area (Å²) in [6.07, 6.45) is 5.14. The van der Waals surface area contributed by atoms with Crippen molar-refractivity contribution in [3.05, 3.63) is 30.1 Å². The molecule has 0 amide bonds. The zero-order valence-electron chi connectivity index (χ0n) is 19.1. The highest BCUT2D eigenvalue weighted by Gasteiger charge is 2.18. The Morgan fingerprint density at radius 1 is 1.24 bits per heavy atom. The number of nitrogens with zero attached hydrogens (tertiary/aromatic N) is 3. The Bertz CT molecular complexity index is 1270. The van der Waals surface area contributed by atoms with Gasteiger partial charge >= 0.3 is 0 Å². The molecule has 3 N–H and O–H groups in total. The normalized spacial score (nSPS) is 16.3. The Labute approximate surface area is 193 Å². The van der Waals surface area contributed by atoms with E-state index in [4.69, 9.17) is 19.9 Å². The van der Waals surface area contributed by atoms with E-state index in [9.17, 15) is 4.21 Å². The highest BCUT2D eigenvalue weighted by Crippen LogP contribution is 2.36. The Morgan fingerprint density at radius 2 is 2.00 bits per heavy atom. The fourth-order valence-electron chi connectivity index (χ4n) is 3.85. The molecule has 1 unspecified atom stereocenters. The quantitative estimate of drug-likeness (QED) is 0.504. The molecule has 0 radical (unpaired) electrons. The van der Waals surface area contributed by atoms with Crippen LogP contribution in [0, 0.1) is 12.8 Å². The van der Waals surface area contributed by atoms with E-state index in [1.54, 1.807) is 6.20 Å². The summed E-state index contributed by atoms with van der Waals surface area (Å²) in [6, 6.07) is 5.73. The number of methoxy groups -OCH3 is 1. The highest BCUT2D eigenvalue weighted by atomic mass is 32.2. The molecule has 0 bridgehead atoms. The number of benzene rings is 1. The molecule has 3 aromatic rings. The lowest BCUT2D eigenvalue weighted by molar-refractivity contribution is 0.0500. The molecule has 1 atom stereocenters. The Hall–Kier alpha value is -3.11. The number of hydrogen-bond donors (Lipinski definition) is 2. The van der Waals surface area contributed by atoms with Gasteiger partial charge in [0.1, 0.15) is 17.0 Å². The van der Waals surface area contributed by atoms with Crippen LogP contribution in [-0.4, -0.2) is 58.2 Å². The van der Waals surface area contributed by atoms with E-state index in [0.717, 1.165) is 48.3 Å². The third-order valence-corrected chi connectivity index (χ3v) is 6.14. The van der Waals surface area contributed by atoms with Crippen molar-refractivity contribution in [2.75, 3.05) is 43.6 Å². The monoisotopic (exact) mass is 471 g/mol. The zero-order chi connectivity index (χ0) is 23.6. The van der Waals surface area contributed by atoms with Crippen molar-refractivity contribution in [3.8, 4) is 22.8 Å². The maximum atomic E-state index is 12.3. The van der Waals surface area contributed by atoms with Crippen molar-refractivity contribution >= 4 is 38.1 Å². The third-order valence-electron chi connectivity index (χ3n) is 5.49. The Morgan fingerprint density at radius 3 is 2.70 bits per heavy atom. The minimum Gasteiger partial charge on any atom is -0.491 e. The lowest BCUT2D eigenvalue weighted by Gasteiger charge is -2.22. The molecule has 2 aromatic heterocycles. The third kappa shape index (κ3) is 5.45. The standard InChI is InChI=1S/C23H29N5O4S/c1-14-18-9-16(17-10-19(28-33(3,4)29)22(30-2)25-12-17)11-20(21(18)27-23(24)26-14)32-13-15-5-7-31-8-6-15/h9-12,15H,3,5-8,13H2,1-2,4H3,(H,28,29)(H2,24,26,27). The Balaban J connectivity index is 1.78. The molecule has 3 heterocycles. The van der Waals surface area contributed by atoms with Gasteiger partial charge in [-0.05, 0) is 55.3 Å². The molecule has 1 aliphatic heterocycles. The number of anilines is 2. The van der Waals surface area contributed by atoms with E-state index < -0.39 is 9.71 Å². The number of aromatic nitrogens is 3. The predicted molar refractivity (Wildman–Crippen MR) is 132 cm³/mol. The predicted octanol–water partition coefficient (Wildman–Crippen LogP) is 3.07. The summed E-state index contributed by atoms with van der Waals surface area (Å²) in [5, 5.41) is 0.838. The number of nitrogens with one attached hydrogen (secondary N) is 1. The number of hydrogen-bond acceptors (Lipinski definition) is 8. The number of ether oxygens (including phenoxy) is 3. The second-order valence-corrected chi connectivity index (χ2v) is 10.5. The molecule has 10 heteroatoms. The van der Waals surface area contributed by atoms with Gasteiger partial charge in [-0.2, -0.15) is 0 Å². The smallest absolute Gasteiger partial charge is 0.238 e. The zero-order valence-corrected chi connectivity index (χ0v) is 19.9. The van der Waals surface area contributed by atoms with E-state index in [-0.39, 0.29) is 5.95 Å². The van der Waals surface area contributed by atoms with Gasteiger partial charge in [-0.25, -0.2) is 19.2 Å². The van der Waals surface area contributed by atoms with Crippen LogP contribution in [0.15, 0.2) is 24.4 Å². The lowest BCUT2D eigenvalue weighted by atomic mass is 10.0. The summed E-state index contributed by atoms with van der Waals surface area (Å²) in [7, 11) is -1.01. The van der Waals surface area contributed by atoms with Gasteiger partial charge in [-0.1, -0.05) is 0 Å². The van der Waals surface area contributed by atoms with Crippen LogP contribution in [0.1, 0.15) is 18.5 Å². The van der Waals surface area contributed by atoms with Crippen molar-refractivity contribution in [2.45, 2.75) is 19.8 Å². The van der Waals surface area contributed by atoms with E-state index in [1.807, 2.05) is 25.1 Å². The van der Waals surface area contributed by atoms with Crippen LogP contribution in [0.4, 0.5) is 11.6 Å². The van der Waals surface area contributed by atoms with Gasteiger partial charge in [0.25, 0.3) is 0 Å². The van der Waals surface area contributed by atoms with Gasteiger partial charge in [-0.3, -0.25) is 0 Å². The highest BCUT2D eigenvalue weighted by molar-refractivity contribution is 8.00. The SMILES string of the molecule is C=S(C)(=O)Nc1cc(-c2cc(OCC3CCOCC3)c3nc(N)nc(C)c3c2)cnc1OC. The second kappa shape index (κ2) is 9.40. The van der Waals surface area contributed by atoms with Crippen molar-refractivity contribution in [1.29, 1.82) is 0 Å². The maximum absolute atomic E-state index is 12.3.